The number of hydrogen-bond donors (Lipinski definition) is 2. The van der Waals surface area contributed by atoms with Gasteiger partial charge >= 0.3 is 6.18 Å². The Morgan fingerprint density at radius 1 is 0.926 bits per heavy atom. The van der Waals surface area contributed by atoms with E-state index in [0.29, 0.717) is 33.6 Å². The van der Waals surface area contributed by atoms with Crippen LogP contribution < -0.4 is 10.3 Å². The summed E-state index contributed by atoms with van der Waals surface area (Å²) in [5.74, 6) is -10.2. The Balaban J connectivity index is 1.32. The number of phenolic OH excluding ortho intramolecular Hbond substituents is 1. The maximum atomic E-state index is 15.3. The molecule has 3 fully saturated rings. The molecule has 1 saturated carbocycles. The molecule has 2 N–H and O–H groups in total. The van der Waals surface area contributed by atoms with Crippen LogP contribution in [0.15, 0.2) is 95.1 Å². The van der Waals surface area contributed by atoms with Gasteiger partial charge in [0.1, 0.15) is 0 Å². The SMILES string of the molecule is O=C1[C@@H]2C[C@@H]3C(=CC[C@@H]4C(=O)N(c5ccc(Br)cc5)C(=O)[C@@H]43)[C@H](c3cccc(F)c3O)[C@]2(c2ccc(Cl)cc2)C(=O)N1Nc1ncc(C(F)(F)F)cc1Cl. The number of nitrogens with zero attached hydrogens (tertiary/aromatic N) is 3. The van der Waals surface area contributed by atoms with E-state index in [4.69, 9.17) is 23.2 Å². The number of amides is 4. The molecule has 9 nitrogen and oxygen atoms in total. The van der Waals surface area contributed by atoms with Crippen molar-refractivity contribution in [3.63, 3.8) is 0 Å². The number of rotatable bonds is 5. The number of imide groups is 2. The predicted molar refractivity (Wildman–Crippen MR) is 192 cm³/mol. The standard InChI is InChI=1S/C38H25BrCl2F4N4O5/c39-19-6-10-21(11-7-19)48-33(51)23-13-12-22-25(29(23)35(48)53)15-26-34(52)49(47-32-27(41)14-18(16-46-32)38(43,44)45)36(54)37(26,17-4-8-20(40)9-5-17)30(22)24-2-1-3-28(42)31(24)50/h1-12,14,16,23,25-26,29-30,50H,13,15H2,(H,46,47)/t23-,25+,26-,29-,30+,37+/m0/s1. The normalized spacial score (nSPS) is 26.4. The number of aromatic hydroxyl groups is 1. The van der Waals surface area contributed by atoms with E-state index in [1.54, 1.807) is 30.3 Å². The minimum atomic E-state index is -4.78. The summed E-state index contributed by atoms with van der Waals surface area (Å²) in [6.07, 6.45) is -2.64. The zero-order valence-electron chi connectivity index (χ0n) is 27.5. The molecule has 276 valence electrons. The number of hydrogen-bond acceptors (Lipinski definition) is 7. The summed E-state index contributed by atoms with van der Waals surface area (Å²) >= 11 is 15.8. The third kappa shape index (κ3) is 5.35. The average molecular weight is 844 g/mol. The van der Waals surface area contributed by atoms with Crippen LogP contribution in [-0.4, -0.2) is 38.7 Å². The van der Waals surface area contributed by atoms with Crippen molar-refractivity contribution in [2.75, 3.05) is 10.3 Å². The highest BCUT2D eigenvalue weighted by molar-refractivity contribution is 9.10. The fourth-order valence-corrected chi connectivity index (χ4v) is 9.34. The van der Waals surface area contributed by atoms with Crippen LogP contribution in [0.3, 0.4) is 0 Å². The second kappa shape index (κ2) is 12.9. The smallest absolute Gasteiger partial charge is 0.417 e. The second-order valence-corrected chi connectivity index (χ2v) is 15.3. The third-order valence-corrected chi connectivity index (χ3v) is 12.0. The zero-order valence-corrected chi connectivity index (χ0v) is 30.5. The molecule has 0 unspecified atom stereocenters. The molecule has 0 radical (unpaired) electrons. The van der Waals surface area contributed by atoms with E-state index in [0.717, 1.165) is 15.4 Å². The van der Waals surface area contributed by atoms with Gasteiger partial charge in [0, 0.05) is 27.2 Å². The van der Waals surface area contributed by atoms with E-state index in [2.05, 4.69) is 26.3 Å². The Kier molecular flexibility index (Phi) is 8.66. The molecule has 4 aliphatic rings. The van der Waals surface area contributed by atoms with Crippen molar-refractivity contribution in [2.24, 2.45) is 23.7 Å². The van der Waals surface area contributed by atoms with Crippen molar-refractivity contribution in [3.05, 3.63) is 128 Å². The van der Waals surface area contributed by atoms with Gasteiger partial charge in [-0.15, -0.1) is 0 Å². The molecule has 4 amide bonds. The molecule has 3 heterocycles. The largest absolute Gasteiger partial charge is 0.505 e. The van der Waals surface area contributed by atoms with Crippen LogP contribution in [0.2, 0.25) is 10.0 Å². The fraction of sp³-hybridized carbons (Fsp3) is 0.237. The molecular formula is C38H25BrCl2F4N4O5. The quantitative estimate of drug-likeness (QED) is 0.118. The number of para-hydroxylation sites is 1. The molecule has 54 heavy (non-hydrogen) atoms. The zero-order chi connectivity index (χ0) is 38.4. The van der Waals surface area contributed by atoms with Crippen LogP contribution in [0.4, 0.5) is 29.1 Å². The van der Waals surface area contributed by atoms with Gasteiger partial charge in [0.2, 0.25) is 11.8 Å². The lowest BCUT2D eigenvalue weighted by Crippen LogP contribution is -2.53. The lowest BCUT2D eigenvalue weighted by atomic mass is 9.49. The van der Waals surface area contributed by atoms with Gasteiger partial charge in [-0.1, -0.05) is 75.0 Å². The molecule has 2 aliphatic carbocycles. The first kappa shape index (κ1) is 36.2. The maximum Gasteiger partial charge on any atom is 0.417 e. The minimum absolute atomic E-state index is 0.0559. The lowest BCUT2D eigenvalue weighted by Gasteiger charge is -2.50. The third-order valence-electron chi connectivity index (χ3n) is 11.0. The summed E-state index contributed by atoms with van der Waals surface area (Å²) in [6.45, 7) is 0. The molecule has 4 aromatic rings. The van der Waals surface area contributed by atoms with Gasteiger partial charge in [-0.3, -0.25) is 29.5 Å². The van der Waals surface area contributed by atoms with Crippen LogP contribution in [0.25, 0.3) is 0 Å². The van der Waals surface area contributed by atoms with E-state index in [-0.39, 0.29) is 24.0 Å². The van der Waals surface area contributed by atoms with Crippen LogP contribution in [-0.2, 0) is 30.8 Å². The van der Waals surface area contributed by atoms with Gasteiger partial charge in [-0.25, -0.2) is 9.37 Å². The van der Waals surface area contributed by atoms with Gasteiger partial charge in [-0.2, -0.15) is 18.2 Å². The number of carbonyl (C=O) groups is 4. The maximum absolute atomic E-state index is 15.3. The predicted octanol–water partition coefficient (Wildman–Crippen LogP) is 8.20. The first-order valence-electron chi connectivity index (χ1n) is 16.6. The Labute approximate surface area is 322 Å². The summed E-state index contributed by atoms with van der Waals surface area (Å²) in [4.78, 5) is 63.1. The number of fused-ring (bicyclic) bond motifs is 4. The lowest BCUT2D eigenvalue weighted by molar-refractivity contribution is -0.139. The van der Waals surface area contributed by atoms with Crippen molar-refractivity contribution in [3.8, 4) is 5.75 Å². The molecule has 6 atom stereocenters. The number of hydrazine groups is 1. The van der Waals surface area contributed by atoms with E-state index in [1.807, 2.05) is 0 Å². The molecule has 2 aliphatic heterocycles. The molecule has 1 aromatic heterocycles. The number of phenols is 1. The molecule has 16 heteroatoms. The first-order chi connectivity index (χ1) is 25.6. The van der Waals surface area contributed by atoms with Crippen molar-refractivity contribution >= 4 is 74.3 Å². The monoisotopic (exact) mass is 842 g/mol. The minimum Gasteiger partial charge on any atom is -0.505 e. The number of nitrogens with one attached hydrogen (secondary N) is 1. The fourth-order valence-electron chi connectivity index (χ4n) is 8.74. The van der Waals surface area contributed by atoms with Crippen molar-refractivity contribution in [1.82, 2.24) is 9.99 Å². The van der Waals surface area contributed by atoms with E-state index in [9.17, 15) is 32.7 Å². The van der Waals surface area contributed by atoms with Crippen LogP contribution in [0.5, 0.6) is 5.75 Å². The van der Waals surface area contributed by atoms with Crippen molar-refractivity contribution < 1.29 is 41.8 Å². The Hall–Kier alpha value is -4.79. The molecular weight excluding hydrogens is 819 g/mol. The summed E-state index contributed by atoms with van der Waals surface area (Å²) in [5.41, 5.74) is 0.416. The van der Waals surface area contributed by atoms with Gasteiger partial charge in [0.25, 0.3) is 11.8 Å². The first-order valence-corrected chi connectivity index (χ1v) is 18.1. The van der Waals surface area contributed by atoms with Gasteiger partial charge < -0.3 is 5.11 Å². The average Bonchev–Trinajstić information content (AvgIpc) is 3.51. The Bertz CT molecular complexity index is 2310. The molecule has 2 saturated heterocycles. The van der Waals surface area contributed by atoms with Crippen molar-refractivity contribution in [2.45, 2.75) is 30.4 Å². The summed E-state index contributed by atoms with van der Waals surface area (Å²) in [6, 6.07) is 17.1. The van der Waals surface area contributed by atoms with Crippen LogP contribution in [0.1, 0.15) is 35.4 Å². The molecule has 0 spiro atoms. The molecule has 8 rings (SSSR count). The highest BCUT2D eigenvalue weighted by Crippen LogP contribution is 2.65. The van der Waals surface area contributed by atoms with Crippen LogP contribution >= 0.6 is 39.1 Å². The topological polar surface area (TPSA) is 120 Å². The number of halogens is 7. The van der Waals surface area contributed by atoms with E-state index < -0.39 is 92.8 Å². The summed E-state index contributed by atoms with van der Waals surface area (Å²) in [7, 11) is 0. The number of pyridine rings is 1. The highest BCUT2D eigenvalue weighted by atomic mass is 79.9. The highest BCUT2D eigenvalue weighted by Gasteiger charge is 2.71. The number of benzene rings is 3. The number of anilines is 2. The Morgan fingerprint density at radius 3 is 2.30 bits per heavy atom. The van der Waals surface area contributed by atoms with E-state index in [1.165, 1.54) is 36.4 Å². The number of alkyl halides is 3. The summed E-state index contributed by atoms with van der Waals surface area (Å²) in [5, 5.41) is 11.7. The summed E-state index contributed by atoms with van der Waals surface area (Å²) < 4.78 is 56.3. The van der Waals surface area contributed by atoms with Gasteiger partial charge in [0.05, 0.1) is 39.4 Å². The number of allylic oxidation sites excluding steroid dienone is 2. The molecule has 3 aromatic carbocycles. The van der Waals surface area contributed by atoms with Gasteiger partial charge in [-0.05, 0) is 72.9 Å². The van der Waals surface area contributed by atoms with Crippen molar-refractivity contribution in [1.29, 1.82) is 0 Å². The number of carbonyl (C=O) groups excluding carboxylic acids is 4. The van der Waals surface area contributed by atoms with Crippen LogP contribution in [0, 0.1) is 29.5 Å². The Morgan fingerprint density at radius 2 is 1.63 bits per heavy atom. The van der Waals surface area contributed by atoms with Gasteiger partial charge in [0.15, 0.2) is 17.4 Å². The molecule has 0 bridgehead atoms. The van der Waals surface area contributed by atoms with E-state index >= 15 is 9.18 Å². The second-order valence-electron chi connectivity index (χ2n) is 13.6. The number of aromatic nitrogens is 1.